The van der Waals surface area contributed by atoms with E-state index in [4.69, 9.17) is 16.6 Å². The Labute approximate surface area is 223 Å². The van der Waals surface area contributed by atoms with Crippen LogP contribution in [-0.2, 0) is 4.79 Å². The van der Waals surface area contributed by atoms with E-state index < -0.39 is 0 Å². The zero-order valence-electron chi connectivity index (χ0n) is 21.3. The summed E-state index contributed by atoms with van der Waals surface area (Å²) in [5.74, 6) is 0.525. The van der Waals surface area contributed by atoms with Gasteiger partial charge in [0.15, 0.2) is 5.17 Å². The highest BCUT2D eigenvalue weighted by Gasteiger charge is 2.41. The molecule has 5 rings (SSSR count). The molecule has 2 atom stereocenters. The number of aromatic nitrogens is 1. The van der Waals surface area contributed by atoms with Gasteiger partial charge in [0.25, 0.3) is 5.91 Å². The van der Waals surface area contributed by atoms with Crippen molar-refractivity contribution in [2.75, 3.05) is 0 Å². The molecule has 186 valence electrons. The molecule has 1 aliphatic heterocycles. The lowest BCUT2D eigenvalue weighted by molar-refractivity contribution is -0.124. The molecule has 2 aliphatic rings. The molecule has 1 saturated heterocycles. The second-order valence-electron chi connectivity index (χ2n) is 9.94. The SMILES string of the molecule is Cc1ccc(-n2c(C)cc(/C=C3\SC(=Nc4ccccc4)N([C@@H]4CCCC[C@H]4C)C3=O)c2C)cc1Cl. The molecule has 0 spiro atoms. The molecule has 2 heterocycles. The van der Waals surface area contributed by atoms with Gasteiger partial charge in [-0.1, -0.05) is 55.6 Å². The molecule has 1 saturated carbocycles. The van der Waals surface area contributed by atoms with Gasteiger partial charge in [0.2, 0.25) is 0 Å². The first-order chi connectivity index (χ1) is 17.3. The minimum Gasteiger partial charge on any atom is -0.318 e. The molecule has 0 N–H and O–H groups in total. The van der Waals surface area contributed by atoms with Crippen LogP contribution >= 0.6 is 23.4 Å². The minimum absolute atomic E-state index is 0.0663. The maximum atomic E-state index is 13.8. The summed E-state index contributed by atoms with van der Waals surface area (Å²) in [5.41, 5.74) is 6.18. The Hall–Kier alpha value is -2.76. The number of aryl methyl sites for hydroxylation is 2. The second-order valence-corrected chi connectivity index (χ2v) is 11.4. The molecule has 36 heavy (non-hydrogen) atoms. The van der Waals surface area contributed by atoms with Crippen molar-refractivity contribution in [3.05, 3.63) is 87.0 Å². The Balaban J connectivity index is 1.54. The summed E-state index contributed by atoms with van der Waals surface area (Å²) < 4.78 is 2.20. The second kappa shape index (κ2) is 10.3. The van der Waals surface area contributed by atoms with Crippen LogP contribution in [0.25, 0.3) is 11.8 Å². The van der Waals surface area contributed by atoms with Gasteiger partial charge in [0, 0.05) is 28.1 Å². The average molecular weight is 518 g/mol. The highest BCUT2D eigenvalue weighted by molar-refractivity contribution is 8.18. The van der Waals surface area contributed by atoms with Crippen molar-refractivity contribution in [3.8, 4) is 5.69 Å². The first-order valence-electron chi connectivity index (χ1n) is 12.7. The molecular formula is C30H32ClN3OS. The summed E-state index contributed by atoms with van der Waals surface area (Å²) in [6.45, 7) is 8.46. The molecule has 0 unspecified atom stereocenters. The lowest BCUT2D eigenvalue weighted by Crippen LogP contribution is -2.44. The molecule has 1 amide bonds. The number of amides is 1. The quantitative estimate of drug-likeness (QED) is 0.327. The largest absolute Gasteiger partial charge is 0.318 e. The fraction of sp³-hybridized carbons (Fsp3) is 0.333. The van der Waals surface area contributed by atoms with Crippen molar-refractivity contribution in [1.29, 1.82) is 0 Å². The molecule has 1 aromatic heterocycles. The molecular weight excluding hydrogens is 486 g/mol. The third-order valence-electron chi connectivity index (χ3n) is 7.39. The number of carbonyl (C=O) groups is 1. The standard InChI is InChI=1S/C30H32ClN3OS/c1-19-14-15-25(18-26(19)31)33-21(3)16-23(22(33)4)17-28-29(35)34(27-13-9-8-10-20(27)2)30(36-28)32-24-11-6-5-7-12-24/h5-7,11-12,14-18,20,27H,8-10,13H2,1-4H3/b28-17-,32-30?/t20-,27-/m1/s1. The van der Waals surface area contributed by atoms with Crippen LogP contribution in [0.3, 0.4) is 0 Å². The van der Waals surface area contributed by atoms with Crippen molar-refractivity contribution >= 4 is 46.2 Å². The zero-order valence-corrected chi connectivity index (χ0v) is 22.9. The maximum absolute atomic E-state index is 13.8. The number of hydrogen-bond acceptors (Lipinski definition) is 3. The van der Waals surface area contributed by atoms with E-state index in [1.807, 2.05) is 60.4 Å². The van der Waals surface area contributed by atoms with Crippen molar-refractivity contribution in [2.45, 2.75) is 59.4 Å². The topological polar surface area (TPSA) is 37.6 Å². The first-order valence-corrected chi connectivity index (χ1v) is 13.8. The molecule has 6 heteroatoms. The number of nitrogens with zero attached hydrogens (tertiary/aromatic N) is 3. The lowest BCUT2D eigenvalue weighted by atomic mass is 9.85. The lowest BCUT2D eigenvalue weighted by Gasteiger charge is -2.35. The fourth-order valence-electron chi connectivity index (χ4n) is 5.34. The Bertz CT molecular complexity index is 1360. The van der Waals surface area contributed by atoms with Gasteiger partial charge >= 0.3 is 0 Å². The number of benzene rings is 2. The van der Waals surface area contributed by atoms with Crippen molar-refractivity contribution in [1.82, 2.24) is 9.47 Å². The van der Waals surface area contributed by atoms with Crippen molar-refractivity contribution in [3.63, 3.8) is 0 Å². The van der Waals surface area contributed by atoms with Gasteiger partial charge in [-0.2, -0.15) is 0 Å². The predicted octanol–water partition coefficient (Wildman–Crippen LogP) is 8.24. The van der Waals surface area contributed by atoms with Crippen LogP contribution in [0.15, 0.2) is 64.5 Å². The summed E-state index contributed by atoms with van der Waals surface area (Å²) in [5, 5.41) is 1.54. The van der Waals surface area contributed by atoms with Gasteiger partial charge in [-0.15, -0.1) is 0 Å². The van der Waals surface area contributed by atoms with Gasteiger partial charge in [-0.3, -0.25) is 9.69 Å². The van der Waals surface area contributed by atoms with Crippen molar-refractivity contribution < 1.29 is 4.79 Å². The van der Waals surface area contributed by atoms with Crippen LogP contribution in [0.5, 0.6) is 0 Å². The van der Waals surface area contributed by atoms with E-state index in [0.717, 1.165) is 68.2 Å². The maximum Gasteiger partial charge on any atom is 0.267 e. The van der Waals surface area contributed by atoms with Gasteiger partial charge < -0.3 is 4.57 Å². The third-order valence-corrected chi connectivity index (χ3v) is 8.78. The highest BCUT2D eigenvalue weighted by atomic mass is 35.5. The Morgan fingerprint density at radius 1 is 1.03 bits per heavy atom. The number of carbonyl (C=O) groups excluding carboxylic acids is 1. The number of aliphatic imine (C=N–C) groups is 1. The summed E-state index contributed by atoms with van der Waals surface area (Å²) in [7, 11) is 0. The summed E-state index contributed by atoms with van der Waals surface area (Å²) in [4.78, 5) is 21.5. The molecule has 4 nitrogen and oxygen atoms in total. The minimum atomic E-state index is 0.0663. The van der Waals surface area contributed by atoms with Crippen LogP contribution in [0.2, 0.25) is 5.02 Å². The number of para-hydroxylation sites is 1. The number of rotatable bonds is 4. The Morgan fingerprint density at radius 2 is 1.78 bits per heavy atom. The van der Waals surface area contributed by atoms with E-state index >= 15 is 0 Å². The van der Waals surface area contributed by atoms with Gasteiger partial charge in [0.1, 0.15) is 0 Å². The number of halogens is 1. The normalized spacial score (nSPS) is 22.7. The van der Waals surface area contributed by atoms with E-state index in [0.29, 0.717) is 5.92 Å². The zero-order chi connectivity index (χ0) is 25.4. The van der Waals surface area contributed by atoms with Gasteiger partial charge in [-0.25, -0.2) is 4.99 Å². The average Bonchev–Trinajstić information content (AvgIpc) is 3.31. The van der Waals surface area contributed by atoms with E-state index in [1.165, 1.54) is 18.2 Å². The fourth-order valence-corrected chi connectivity index (χ4v) is 6.55. The number of amidine groups is 1. The summed E-state index contributed by atoms with van der Waals surface area (Å²) >= 11 is 7.92. The number of thioether (sulfide) groups is 1. The van der Waals surface area contributed by atoms with Crippen LogP contribution in [-0.4, -0.2) is 26.6 Å². The van der Waals surface area contributed by atoms with Gasteiger partial charge in [0.05, 0.1) is 10.6 Å². The number of hydrogen-bond donors (Lipinski definition) is 0. The third kappa shape index (κ3) is 4.79. The molecule has 0 bridgehead atoms. The summed E-state index contributed by atoms with van der Waals surface area (Å²) in [6.07, 6.45) is 6.60. The molecule has 1 aliphatic carbocycles. The Morgan fingerprint density at radius 3 is 2.50 bits per heavy atom. The van der Waals surface area contributed by atoms with Crippen molar-refractivity contribution in [2.24, 2.45) is 10.9 Å². The predicted molar refractivity (Wildman–Crippen MR) is 152 cm³/mol. The highest BCUT2D eigenvalue weighted by Crippen LogP contribution is 2.40. The summed E-state index contributed by atoms with van der Waals surface area (Å²) in [6, 6.07) is 18.4. The van der Waals surface area contributed by atoms with Crippen LogP contribution in [0, 0.1) is 26.7 Å². The first kappa shape index (κ1) is 24.9. The van der Waals surface area contributed by atoms with Gasteiger partial charge in [-0.05, 0) is 98.8 Å². The van der Waals surface area contributed by atoms with Crippen LogP contribution in [0.1, 0.15) is 55.1 Å². The Kier molecular flexibility index (Phi) is 7.14. The molecule has 0 radical (unpaired) electrons. The van der Waals surface area contributed by atoms with Crippen LogP contribution in [0.4, 0.5) is 5.69 Å². The monoisotopic (exact) mass is 517 g/mol. The molecule has 2 fully saturated rings. The van der Waals surface area contributed by atoms with E-state index in [2.05, 4.69) is 37.5 Å². The molecule has 2 aromatic carbocycles. The van der Waals surface area contributed by atoms with E-state index in [-0.39, 0.29) is 11.9 Å². The molecule has 3 aromatic rings. The van der Waals surface area contributed by atoms with E-state index in [9.17, 15) is 4.79 Å². The van der Waals surface area contributed by atoms with E-state index in [1.54, 1.807) is 0 Å². The van der Waals surface area contributed by atoms with Crippen LogP contribution < -0.4 is 0 Å². The smallest absolute Gasteiger partial charge is 0.267 e.